The smallest absolute Gasteiger partial charge is 0.0306 e. The summed E-state index contributed by atoms with van der Waals surface area (Å²) in [5.41, 5.74) is 0. The lowest BCUT2D eigenvalue weighted by Gasteiger charge is -2.46. The molecule has 0 bridgehead atoms. The van der Waals surface area contributed by atoms with Gasteiger partial charge in [-0.2, -0.15) is 0 Å². The van der Waals surface area contributed by atoms with Crippen LogP contribution in [0, 0.1) is 23.6 Å². The minimum Gasteiger partial charge on any atom is -0.0530 e. The second-order valence-electron chi connectivity index (χ2n) is 2.75. The van der Waals surface area contributed by atoms with E-state index in [1.807, 2.05) is 0 Å². The third-order valence-electron chi connectivity index (χ3n) is 1.88. The van der Waals surface area contributed by atoms with E-state index in [0.29, 0.717) is 0 Å². The van der Waals surface area contributed by atoms with Gasteiger partial charge in [0.15, 0.2) is 0 Å². The zero-order valence-electron chi connectivity index (χ0n) is 31.0. The SMILES string of the molecule is [2H]C1([2H])C([2H])([2H])C([2H])([2H])C2([2H])C([2H])([2H])C3([2H])C([2H])([2H])C([2H])([2H])C([2H])([2H])C([2H])([2H])C3([2H])C([2H])([2H])C2([2H])C1([2H])[2H]. The molecule has 0 heterocycles. The van der Waals surface area contributed by atoms with Gasteiger partial charge in [-0.1, -0.05) is 51.0 Å². The highest BCUT2D eigenvalue weighted by Crippen LogP contribution is 2.49. The fraction of sp³-hybridized carbons (Fsp3) is 1.00. The molecular weight excluding hydrogens is 168 g/mol. The van der Waals surface area contributed by atoms with E-state index in [1.165, 1.54) is 0 Å². The molecule has 0 heteroatoms. The largest absolute Gasteiger partial charge is 0.0530 e. The zero-order chi connectivity index (χ0) is 31.0. The van der Waals surface area contributed by atoms with Gasteiger partial charge in [-0.25, -0.2) is 0 Å². The fourth-order valence-corrected chi connectivity index (χ4v) is 1.25. The van der Waals surface area contributed by atoms with Crippen molar-refractivity contribution in [1.82, 2.24) is 0 Å². The van der Waals surface area contributed by atoms with Crippen LogP contribution >= 0.6 is 0 Å². The van der Waals surface area contributed by atoms with E-state index in [9.17, 15) is 0 Å². The van der Waals surface area contributed by atoms with Crippen molar-refractivity contribution in [2.45, 2.75) is 63.7 Å². The molecule has 0 saturated heterocycles. The number of hydrogen-bond donors (Lipinski definition) is 0. The van der Waals surface area contributed by atoms with Gasteiger partial charge in [0.2, 0.25) is 0 Å². The highest BCUT2D eigenvalue weighted by Gasteiger charge is 2.38. The molecule has 80 valence electrons. The van der Waals surface area contributed by atoms with Crippen LogP contribution in [0.2, 0.25) is 0 Å². The van der Waals surface area contributed by atoms with Crippen molar-refractivity contribution in [2.75, 3.05) is 0 Å². The summed E-state index contributed by atoms with van der Waals surface area (Å²) >= 11 is 0. The first-order chi connectivity index (χ1) is 16.0. The van der Waals surface area contributed by atoms with Gasteiger partial charge in [-0.15, -0.1) is 0 Å². The summed E-state index contributed by atoms with van der Waals surface area (Å²) < 4.78 is 201. The summed E-state index contributed by atoms with van der Waals surface area (Å²) in [6.07, 6.45) is -44.9. The maximum absolute atomic E-state index is 8.86. The second-order valence-corrected chi connectivity index (χ2v) is 2.75. The molecule has 3 aliphatic carbocycles. The van der Waals surface area contributed by atoms with Crippen LogP contribution in [0.25, 0.3) is 0 Å². The van der Waals surface area contributed by atoms with Crippen LogP contribution in [0.3, 0.4) is 0 Å². The molecule has 0 aromatic heterocycles. The van der Waals surface area contributed by atoms with E-state index in [1.54, 1.807) is 0 Å². The number of fused-ring (bicyclic) bond motifs is 2. The Kier molecular flexibility index (Phi) is 0.409. The molecule has 3 saturated carbocycles. The summed E-state index contributed by atoms with van der Waals surface area (Å²) in [5.74, 6) is -18.9. The summed E-state index contributed by atoms with van der Waals surface area (Å²) in [6, 6.07) is 0. The van der Waals surface area contributed by atoms with Crippen molar-refractivity contribution in [3.8, 4) is 0 Å². The van der Waals surface area contributed by atoms with Crippen LogP contribution in [-0.2, 0) is 0 Å². The van der Waals surface area contributed by atoms with Gasteiger partial charge in [0, 0.05) is 32.9 Å². The van der Waals surface area contributed by atoms with E-state index in [2.05, 4.69) is 0 Å². The Labute approximate surface area is 122 Å². The third-order valence-corrected chi connectivity index (χ3v) is 1.88. The Balaban J connectivity index is 2.81. The first kappa shape index (κ1) is 1.48. The van der Waals surface area contributed by atoms with Crippen molar-refractivity contribution in [3.63, 3.8) is 0 Å². The molecule has 3 rings (SSSR count). The van der Waals surface area contributed by atoms with Gasteiger partial charge in [-0.3, -0.25) is 0 Å². The lowest BCUT2D eigenvalue weighted by Crippen LogP contribution is -2.35. The normalized spacial score (nSPS) is 130. The molecular formula is C14H24. The van der Waals surface area contributed by atoms with Crippen LogP contribution in [0.1, 0.15) is 96.6 Å². The molecule has 4 atom stereocenters. The first-order valence-corrected chi connectivity index (χ1v) is 4.00. The lowest BCUT2D eigenvalue weighted by atomic mass is 9.60. The topological polar surface area (TPSA) is 0 Å². The van der Waals surface area contributed by atoms with Gasteiger partial charge in [0.1, 0.15) is 0 Å². The molecule has 0 spiro atoms. The second kappa shape index (κ2) is 3.87. The average Bonchev–Trinajstić information content (AvgIpc) is 2.72. The molecule has 0 radical (unpaired) electrons. The van der Waals surface area contributed by atoms with Gasteiger partial charge in [0.25, 0.3) is 0 Å². The minimum absolute atomic E-state index is 4.31. The molecule has 3 fully saturated rings. The molecule has 0 nitrogen and oxygen atoms in total. The summed E-state index contributed by atoms with van der Waals surface area (Å²) in [6.45, 7) is 0. The quantitative estimate of drug-likeness (QED) is 0.563. The van der Waals surface area contributed by atoms with Crippen LogP contribution in [0.4, 0.5) is 0 Å². The van der Waals surface area contributed by atoms with Crippen LogP contribution < -0.4 is 0 Å². The van der Waals surface area contributed by atoms with Crippen molar-refractivity contribution < 1.29 is 32.9 Å². The minimum atomic E-state index is -4.78. The summed E-state index contributed by atoms with van der Waals surface area (Å²) in [7, 11) is 0. The Morgan fingerprint density at radius 2 is 0.929 bits per heavy atom. The molecule has 3 aliphatic rings. The summed E-state index contributed by atoms with van der Waals surface area (Å²) in [4.78, 5) is 0. The maximum atomic E-state index is 8.86. The molecule has 0 aliphatic heterocycles. The number of hydrogen-bond acceptors (Lipinski definition) is 0. The van der Waals surface area contributed by atoms with E-state index in [-0.39, 0.29) is 0 Å². The molecule has 0 N–H and O–H groups in total. The third kappa shape index (κ3) is 1.61. The lowest BCUT2D eigenvalue weighted by molar-refractivity contribution is 0.0520. The molecule has 14 heavy (non-hydrogen) atoms. The molecule has 0 aromatic carbocycles. The maximum Gasteiger partial charge on any atom is 0.0306 e. The Morgan fingerprint density at radius 3 is 1.21 bits per heavy atom. The highest BCUT2D eigenvalue weighted by molar-refractivity contribution is 4.89. The molecule has 0 aromatic rings. The van der Waals surface area contributed by atoms with Crippen molar-refractivity contribution in [1.29, 1.82) is 0 Å². The number of rotatable bonds is 0. The highest BCUT2D eigenvalue weighted by atomic mass is 14.4. The van der Waals surface area contributed by atoms with Gasteiger partial charge < -0.3 is 0 Å². The Hall–Kier alpha value is 0. The first-order valence-electron chi connectivity index (χ1n) is 16.0. The van der Waals surface area contributed by atoms with Crippen LogP contribution in [0.15, 0.2) is 0 Å². The zero-order valence-corrected chi connectivity index (χ0v) is 7.00. The Bertz CT molecular complexity index is 906. The van der Waals surface area contributed by atoms with Crippen LogP contribution in [0.5, 0.6) is 0 Å². The van der Waals surface area contributed by atoms with E-state index in [4.69, 9.17) is 32.9 Å². The van der Waals surface area contributed by atoms with E-state index >= 15 is 0 Å². The fourth-order valence-electron chi connectivity index (χ4n) is 1.25. The predicted octanol–water partition coefficient (Wildman–Crippen LogP) is 4.39. The van der Waals surface area contributed by atoms with E-state index < -0.39 is 87.3 Å². The van der Waals surface area contributed by atoms with Crippen molar-refractivity contribution in [3.05, 3.63) is 0 Å². The van der Waals surface area contributed by atoms with Gasteiger partial charge in [-0.05, 0) is 36.3 Å². The molecule has 0 amide bonds. The van der Waals surface area contributed by atoms with E-state index in [0.717, 1.165) is 0 Å². The van der Waals surface area contributed by atoms with Gasteiger partial charge in [0.05, 0.1) is 0 Å². The standard InChI is InChI=1S/C14H24/c1-2-6-12-10-14-8-4-3-7-13(14)9-11(12)5-1/h11-14H,1-10H2/i1D2,2D2,3D2,4D2,5D2,6D2,7D2,8D2,9D2,10D2,11D,12D,13D,14D. The van der Waals surface area contributed by atoms with Crippen molar-refractivity contribution >= 4 is 0 Å². The molecule has 4 unspecified atom stereocenters. The predicted molar refractivity (Wildman–Crippen MR) is 60.1 cm³/mol. The monoisotopic (exact) mass is 216 g/mol. The summed E-state index contributed by atoms with van der Waals surface area (Å²) in [5, 5.41) is 0. The van der Waals surface area contributed by atoms with Gasteiger partial charge >= 0.3 is 0 Å². The van der Waals surface area contributed by atoms with Crippen LogP contribution in [-0.4, -0.2) is 0 Å². The Morgan fingerprint density at radius 1 is 0.643 bits per heavy atom. The average molecular weight is 216 g/mol. The van der Waals surface area contributed by atoms with Crippen molar-refractivity contribution in [2.24, 2.45) is 23.6 Å².